The van der Waals surface area contributed by atoms with Gasteiger partial charge in [0, 0.05) is 13.0 Å². The van der Waals surface area contributed by atoms with Crippen molar-refractivity contribution >= 4 is 11.9 Å². The predicted molar refractivity (Wildman–Crippen MR) is 87.0 cm³/mol. The minimum Gasteiger partial charge on any atom is -0.480 e. The van der Waals surface area contributed by atoms with Crippen LogP contribution in [-0.2, 0) is 11.2 Å². The van der Waals surface area contributed by atoms with E-state index >= 15 is 0 Å². The first-order valence-corrected chi connectivity index (χ1v) is 8.27. The first kappa shape index (κ1) is 17.1. The minimum atomic E-state index is -1.03. The van der Waals surface area contributed by atoms with Crippen LogP contribution in [0.4, 0.5) is 4.39 Å². The Labute approximate surface area is 144 Å². The highest BCUT2D eigenvalue weighted by Crippen LogP contribution is 2.20. The molecule has 0 spiro atoms. The summed E-state index contributed by atoms with van der Waals surface area (Å²) in [5, 5.41) is 13.5. The van der Waals surface area contributed by atoms with Gasteiger partial charge in [0.05, 0.1) is 0 Å². The molecular formula is C17H19FN4O3. The number of piperidine rings is 1. The predicted octanol–water partition coefficient (Wildman–Crippen LogP) is 2.05. The maximum absolute atomic E-state index is 14.1. The number of aliphatic carboxylic acids is 1. The van der Waals surface area contributed by atoms with Crippen LogP contribution in [0.2, 0.25) is 0 Å². The van der Waals surface area contributed by atoms with Crippen LogP contribution in [0, 0.1) is 5.82 Å². The standard InChI is InChI=1S/C17H19FN4O3/c1-2-14-19-15(20-22(14)12-8-4-3-7-11(12)18)16(23)21-10-6-5-9-13(21)17(24)25/h3-4,7-8,13H,2,5-6,9-10H2,1H3,(H,24,25). The lowest BCUT2D eigenvalue weighted by Crippen LogP contribution is -2.48. The molecule has 7 nitrogen and oxygen atoms in total. The third-order valence-corrected chi connectivity index (χ3v) is 4.31. The van der Waals surface area contributed by atoms with E-state index < -0.39 is 23.7 Å². The molecule has 1 amide bonds. The number of carboxylic acid groups (broad SMARTS) is 1. The SMILES string of the molecule is CCc1nc(C(=O)N2CCCCC2C(=O)O)nn1-c1ccccc1F. The summed E-state index contributed by atoms with van der Waals surface area (Å²) in [5.74, 6) is -1.69. The molecular weight excluding hydrogens is 327 g/mol. The van der Waals surface area contributed by atoms with Crippen molar-refractivity contribution in [1.29, 1.82) is 0 Å². The van der Waals surface area contributed by atoms with Gasteiger partial charge in [0.2, 0.25) is 5.82 Å². The fourth-order valence-corrected chi connectivity index (χ4v) is 3.04. The number of hydrogen-bond acceptors (Lipinski definition) is 4. The van der Waals surface area contributed by atoms with Crippen LogP contribution < -0.4 is 0 Å². The molecule has 25 heavy (non-hydrogen) atoms. The zero-order valence-corrected chi connectivity index (χ0v) is 13.9. The Morgan fingerprint density at radius 1 is 1.32 bits per heavy atom. The second kappa shape index (κ2) is 7.00. The molecule has 3 rings (SSSR count). The average Bonchev–Trinajstić information content (AvgIpc) is 3.05. The maximum atomic E-state index is 14.1. The molecule has 2 heterocycles. The van der Waals surface area contributed by atoms with Crippen LogP contribution in [0.25, 0.3) is 5.69 Å². The summed E-state index contributed by atoms with van der Waals surface area (Å²) in [7, 11) is 0. The number of benzene rings is 1. The molecule has 0 aliphatic carbocycles. The van der Waals surface area contributed by atoms with E-state index in [4.69, 9.17) is 0 Å². The van der Waals surface area contributed by atoms with E-state index in [1.54, 1.807) is 18.2 Å². The van der Waals surface area contributed by atoms with E-state index in [9.17, 15) is 19.1 Å². The van der Waals surface area contributed by atoms with Crippen LogP contribution in [0.3, 0.4) is 0 Å². The molecule has 8 heteroatoms. The quantitative estimate of drug-likeness (QED) is 0.915. The third kappa shape index (κ3) is 3.24. The van der Waals surface area contributed by atoms with E-state index in [1.165, 1.54) is 15.6 Å². The average molecular weight is 346 g/mol. The van der Waals surface area contributed by atoms with Crippen molar-refractivity contribution < 1.29 is 19.1 Å². The summed E-state index contributed by atoms with van der Waals surface area (Å²) in [5.41, 5.74) is 0.208. The molecule has 0 bridgehead atoms. The van der Waals surface area contributed by atoms with Crippen molar-refractivity contribution in [3.05, 3.63) is 41.7 Å². The number of aromatic nitrogens is 3. The van der Waals surface area contributed by atoms with Gasteiger partial charge in [-0.25, -0.2) is 18.9 Å². The van der Waals surface area contributed by atoms with Crippen LogP contribution in [0.5, 0.6) is 0 Å². The van der Waals surface area contributed by atoms with Gasteiger partial charge in [0.15, 0.2) is 0 Å². The van der Waals surface area contributed by atoms with Gasteiger partial charge in [-0.2, -0.15) is 0 Å². The molecule has 1 aromatic carbocycles. The highest BCUT2D eigenvalue weighted by Gasteiger charge is 2.34. The van der Waals surface area contributed by atoms with Gasteiger partial charge < -0.3 is 10.0 Å². The number of rotatable bonds is 4. The second-order valence-corrected chi connectivity index (χ2v) is 5.92. The van der Waals surface area contributed by atoms with Crippen molar-refractivity contribution in [3.8, 4) is 5.69 Å². The lowest BCUT2D eigenvalue weighted by molar-refractivity contribution is -0.143. The van der Waals surface area contributed by atoms with Crippen molar-refractivity contribution in [2.45, 2.75) is 38.6 Å². The number of hydrogen-bond donors (Lipinski definition) is 1. The fourth-order valence-electron chi connectivity index (χ4n) is 3.04. The first-order chi connectivity index (χ1) is 12.0. The summed E-state index contributed by atoms with van der Waals surface area (Å²) in [6.45, 7) is 2.18. The number of likely N-dealkylation sites (tertiary alicyclic amines) is 1. The molecule has 1 aromatic heterocycles. The van der Waals surface area contributed by atoms with Crippen molar-refractivity contribution in [2.24, 2.45) is 0 Å². The van der Waals surface area contributed by atoms with E-state index in [0.29, 0.717) is 25.2 Å². The molecule has 0 saturated carbocycles. The zero-order chi connectivity index (χ0) is 18.0. The molecule has 1 aliphatic heterocycles. The number of carbonyl (C=O) groups is 2. The largest absolute Gasteiger partial charge is 0.480 e. The molecule has 1 aliphatic rings. The van der Waals surface area contributed by atoms with E-state index in [1.807, 2.05) is 6.92 Å². The molecule has 1 saturated heterocycles. The fraction of sp³-hybridized carbons (Fsp3) is 0.412. The number of amides is 1. The summed E-state index contributed by atoms with van der Waals surface area (Å²) < 4.78 is 15.4. The number of nitrogens with zero attached hydrogens (tertiary/aromatic N) is 4. The topological polar surface area (TPSA) is 88.3 Å². The van der Waals surface area contributed by atoms with Crippen LogP contribution >= 0.6 is 0 Å². The smallest absolute Gasteiger partial charge is 0.326 e. The van der Waals surface area contributed by atoms with E-state index in [0.717, 1.165) is 12.8 Å². The lowest BCUT2D eigenvalue weighted by atomic mass is 10.0. The summed E-state index contributed by atoms with van der Waals surface area (Å²) >= 11 is 0. The van der Waals surface area contributed by atoms with Crippen molar-refractivity contribution in [3.63, 3.8) is 0 Å². The Bertz CT molecular complexity index is 805. The third-order valence-electron chi connectivity index (χ3n) is 4.31. The van der Waals surface area contributed by atoms with E-state index in [-0.39, 0.29) is 11.5 Å². The van der Waals surface area contributed by atoms with Crippen LogP contribution in [0.15, 0.2) is 24.3 Å². The van der Waals surface area contributed by atoms with Crippen molar-refractivity contribution in [1.82, 2.24) is 19.7 Å². The van der Waals surface area contributed by atoms with Gasteiger partial charge in [-0.15, -0.1) is 5.10 Å². The highest BCUT2D eigenvalue weighted by molar-refractivity contribution is 5.93. The van der Waals surface area contributed by atoms with Gasteiger partial charge in [0.1, 0.15) is 23.4 Å². The van der Waals surface area contributed by atoms with Gasteiger partial charge in [-0.05, 0) is 31.4 Å². The zero-order valence-electron chi connectivity index (χ0n) is 13.9. The highest BCUT2D eigenvalue weighted by atomic mass is 19.1. The lowest BCUT2D eigenvalue weighted by Gasteiger charge is -2.31. The molecule has 2 aromatic rings. The maximum Gasteiger partial charge on any atom is 0.326 e. The molecule has 1 fully saturated rings. The van der Waals surface area contributed by atoms with E-state index in [2.05, 4.69) is 10.1 Å². The molecule has 1 atom stereocenters. The van der Waals surface area contributed by atoms with Crippen molar-refractivity contribution in [2.75, 3.05) is 6.54 Å². The van der Waals surface area contributed by atoms with Crippen LogP contribution in [-0.4, -0.2) is 49.2 Å². The Hall–Kier alpha value is -2.77. The number of halogens is 1. The summed E-state index contributed by atoms with van der Waals surface area (Å²) in [4.78, 5) is 29.7. The Kier molecular flexibility index (Phi) is 4.78. The molecule has 132 valence electrons. The van der Waals surface area contributed by atoms with Gasteiger partial charge in [-0.1, -0.05) is 19.1 Å². The monoisotopic (exact) mass is 346 g/mol. The second-order valence-electron chi connectivity index (χ2n) is 5.92. The van der Waals surface area contributed by atoms with Gasteiger partial charge in [0.25, 0.3) is 5.91 Å². The minimum absolute atomic E-state index is 0.103. The Balaban J connectivity index is 1.97. The molecule has 0 radical (unpaired) electrons. The number of carboxylic acids is 1. The summed E-state index contributed by atoms with van der Waals surface area (Å²) in [6.07, 6.45) is 2.37. The number of aryl methyl sites for hydroxylation is 1. The normalized spacial score (nSPS) is 17.5. The number of carbonyl (C=O) groups excluding carboxylic acids is 1. The van der Waals surface area contributed by atoms with Gasteiger partial charge in [-0.3, -0.25) is 4.79 Å². The molecule has 1 unspecified atom stereocenters. The first-order valence-electron chi connectivity index (χ1n) is 8.27. The Morgan fingerprint density at radius 2 is 2.08 bits per heavy atom. The number of para-hydroxylation sites is 1. The molecule has 1 N–H and O–H groups in total. The van der Waals surface area contributed by atoms with Crippen LogP contribution in [0.1, 0.15) is 42.6 Å². The van der Waals surface area contributed by atoms with Gasteiger partial charge >= 0.3 is 5.97 Å². The Morgan fingerprint density at radius 3 is 2.76 bits per heavy atom. The summed E-state index contributed by atoms with van der Waals surface area (Å²) in [6, 6.07) is 5.23.